The number of anilines is 3. The minimum atomic E-state index is 0.876. The van der Waals surface area contributed by atoms with Gasteiger partial charge in [0.1, 0.15) is 11.2 Å². The fraction of sp³-hybridized carbons (Fsp3) is 0. The molecular formula is C60H39NO. The van der Waals surface area contributed by atoms with Gasteiger partial charge in [0, 0.05) is 27.5 Å². The molecule has 0 bridgehead atoms. The van der Waals surface area contributed by atoms with E-state index in [9.17, 15) is 0 Å². The Kier molecular flexibility index (Phi) is 8.53. The Morgan fingerprint density at radius 3 is 1.53 bits per heavy atom. The maximum Gasteiger partial charge on any atom is 0.135 e. The van der Waals surface area contributed by atoms with Gasteiger partial charge in [-0.1, -0.05) is 188 Å². The van der Waals surface area contributed by atoms with Gasteiger partial charge in [-0.05, 0) is 120 Å². The van der Waals surface area contributed by atoms with Gasteiger partial charge in [0.05, 0.1) is 5.69 Å². The topological polar surface area (TPSA) is 16.4 Å². The Morgan fingerprint density at radius 2 is 0.790 bits per heavy atom. The third-order valence-electron chi connectivity index (χ3n) is 12.4. The summed E-state index contributed by atoms with van der Waals surface area (Å²) in [5.74, 6) is 0. The Hall–Kier alpha value is -8.20. The lowest BCUT2D eigenvalue weighted by atomic mass is 9.84. The number of hydrogen-bond acceptors (Lipinski definition) is 2. The molecule has 62 heavy (non-hydrogen) atoms. The summed E-state index contributed by atoms with van der Waals surface area (Å²) in [5, 5.41) is 9.55. The van der Waals surface area contributed by atoms with Crippen molar-refractivity contribution in [2.45, 2.75) is 0 Å². The molecule has 12 rings (SSSR count). The number of rotatable bonds is 7. The highest BCUT2D eigenvalue weighted by molar-refractivity contribution is 6.22. The average molecular weight is 790 g/mol. The van der Waals surface area contributed by atoms with Gasteiger partial charge >= 0.3 is 0 Å². The van der Waals surface area contributed by atoms with Crippen LogP contribution in [0.15, 0.2) is 241 Å². The van der Waals surface area contributed by atoms with E-state index in [0.717, 1.165) is 50.1 Å². The predicted octanol–water partition coefficient (Wildman–Crippen LogP) is 17.2. The van der Waals surface area contributed by atoms with Crippen LogP contribution in [0.4, 0.5) is 17.1 Å². The molecule has 0 N–H and O–H groups in total. The van der Waals surface area contributed by atoms with Crippen molar-refractivity contribution >= 4 is 71.3 Å². The van der Waals surface area contributed by atoms with Crippen molar-refractivity contribution in [3.8, 4) is 44.5 Å². The van der Waals surface area contributed by atoms with Crippen molar-refractivity contribution in [1.82, 2.24) is 0 Å². The Morgan fingerprint density at radius 1 is 0.258 bits per heavy atom. The molecule has 0 aliphatic carbocycles. The molecule has 290 valence electrons. The van der Waals surface area contributed by atoms with Gasteiger partial charge in [-0.2, -0.15) is 0 Å². The molecule has 12 aromatic rings. The Balaban J connectivity index is 1.09. The molecule has 0 aliphatic rings. The molecule has 0 fully saturated rings. The lowest BCUT2D eigenvalue weighted by Crippen LogP contribution is -2.10. The molecule has 1 aromatic heterocycles. The summed E-state index contributed by atoms with van der Waals surface area (Å²) in [7, 11) is 0. The Bertz CT molecular complexity index is 3630. The first kappa shape index (κ1) is 35.7. The fourth-order valence-electron chi connectivity index (χ4n) is 9.63. The summed E-state index contributed by atoms with van der Waals surface area (Å²) in [6.07, 6.45) is 0. The van der Waals surface area contributed by atoms with Gasteiger partial charge in [-0.3, -0.25) is 0 Å². The van der Waals surface area contributed by atoms with E-state index in [4.69, 9.17) is 4.42 Å². The van der Waals surface area contributed by atoms with Crippen LogP contribution in [-0.2, 0) is 0 Å². The van der Waals surface area contributed by atoms with E-state index in [-0.39, 0.29) is 0 Å². The molecule has 0 amide bonds. The zero-order chi connectivity index (χ0) is 41.0. The van der Waals surface area contributed by atoms with Crippen molar-refractivity contribution in [2.24, 2.45) is 0 Å². The smallest absolute Gasteiger partial charge is 0.135 e. The molecule has 0 unspecified atom stereocenters. The van der Waals surface area contributed by atoms with E-state index in [0.29, 0.717) is 0 Å². The van der Waals surface area contributed by atoms with Crippen molar-refractivity contribution in [1.29, 1.82) is 0 Å². The molecule has 0 spiro atoms. The van der Waals surface area contributed by atoms with Crippen molar-refractivity contribution in [3.63, 3.8) is 0 Å². The number of benzene rings is 11. The van der Waals surface area contributed by atoms with Gasteiger partial charge in [0.25, 0.3) is 0 Å². The zero-order valence-corrected chi connectivity index (χ0v) is 33.9. The second-order valence-electron chi connectivity index (χ2n) is 16.0. The van der Waals surface area contributed by atoms with Crippen LogP contribution in [0.1, 0.15) is 0 Å². The second kappa shape index (κ2) is 14.8. The van der Waals surface area contributed by atoms with E-state index in [1.54, 1.807) is 0 Å². The molecular weight excluding hydrogens is 751 g/mol. The van der Waals surface area contributed by atoms with E-state index in [1.807, 2.05) is 12.1 Å². The predicted molar refractivity (Wildman–Crippen MR) is 263 cm³/mol. The molecule has 0 aliphatic heterocycles. The standard InChI is InChI=1S/C60H39NO/c1-4-17-40(18-5-1)47-34-35-56(51-27-12-10-25-48(47)51)61(46-32-36-58-54(39-46)52-28-14-15-30-57(52)62-58)45-24-16-23-43(37-45)44-31-33-50-49-26-11-13-29-53(49)59(41-19-6-2-7-20-41)60(55(50)38-44)42-21-8-3-9-22-42/h1-39H. The highest BCUT2D eigenvalue weighted by atomic mass is 16.3. The van der Waals surface area contributed by atoms with Crippen LogP contribution in [0.5, 0.6) is 0 Å². The minimum Gasteiger partial charge on any atom is -0.456 e. The number of hydrogen-bond donors (Lipinski definition) is 0. The lowest BCUT2D eigenvalue weighted by Gasteiger charge is -2.28. The molecule has 11 aromatic carbocycles. The largest absolute Gasteiger partial charge is 0.456 e. The van der Waals surface area contributed by atoms with Crippen molar-refractivity contribution in [3.05, 3.63) is 237 Å². The number of nitrogens with zero attached hydrogens (tertiary/aromatic N) is 1. The first-order valence-electron chi connectivity index (χ1n) is 21.3. The second-order valence-corrected chi connectivity index (χ2v) is 16.0. The van der Waals surface area contributed by atoms with E-state index in [2.05, 4.69) is 229 Å². The molecule has 0 radical (unpaired) electrons. The summed E-state index contributed by atoms with van der Waals surface area (Å²) in [6, 6.07) is 85.6. The average Bonchev–Trinajstić information content (AvgIpc) is 3.72. The van der Waals surface area contributed by atoms with E-state index < -0.39 is 0 Å². The summed E-state index contributed by atoms with van der Waals surface area (Å²) >= 11 is 0. The summed E-state index contributed by atoms with van der Waals surface area (Å²) in [4.78, 5) is 2.42. The van der Waals surface area contributed by atoms with Crippen LogP contribution >= 0.6 is 0 Å². The van der Waals surface area contributed by atoms with Crippen LogP contribution in [0.3, 0.4) is 0 Å². The molecule has 2 heteroatoms. The Labute approximate surface area is 360 Å². The van der Waals surface area contributed by atoms with Crippen molar-refractivity contribution in [2.75, 3.05) is 4.90 Å². The quantitative estimate of drug-likeness (QED) is 0.150. The highest BCUT2D eigenvalue weighted by Crippen LogP contribution is 2.47. The molecule has 2 nitrogen and oxygen atoms in total. The van der Waals surface area contributed by atoms with Gasteiger partial charge in [0.2, 0.25) is 0 Å². The van der Waals surface area contributed by atoms with Crippen LogP contribution in [0.25, 0.3) is 98.8 Å². The summed E-state index contributed by atoms with van der Waals surface area (Å²) in [6.45, 7) is 0. The first-order valence-corrected chi connectivity index (χ1v) is 21.3. The van der Waals surface area contributed by atoms with Crippen LogP contribution < -0.4 is 4.90 Å². The minimum absolute atomic E-state index is 0.876. The first-order chi connectivity index (χ1) is 30.8. The van der Waals surface area contributed by atoms with Crippen LogP contribution in [0.2, 0.25) is 0 Å². The van der Waals surface area contributed by atoms with Crippen LogP contribution in [0, 0.1) is 0 Å². The SMILES string of the molecule is c1ccc(-c2ccc(N(c3cccc(-c4ccc5c(c4)c(-c4ccccc4)c(-c4ccccc4)c4ccccc45)c3)c3ccc4oc5ccccc5c4c3)c3ccccc23)cc1. The third-order valence-corrected chi connectivity index (χ3v) is 12.4. The lowest BCUT2D eigenvalue weighted by molar-refractivity contribution is 0.669. The van der Waals surface area contributed by atoms with Gasteiger partial charge < -0.3 is 9.32 Å². The highest BCUT2D eigenvalue weighted by Gasteiger charge is 2.21. The molecule has 0 atom stereocenters. The molecule has 0 saturated heterocycles. The summed E-state index contributed by atoms with van der Waals surface area (Å²) < 4.78 is 6.33. The van der Waals surface area contributed by atoms with Crippen molar-refractivity contribution < 1.29 is 4.42 Å². The zero-order valence-electron chi connectivity index (χ0n) is 33.9. The maximum absolute atomic E-state index is 6.33. The summed E-state index contributed by atoms with van der Waals surface area (Å²) in [5.41, 5.74) is 14.6. The van der Waals surface area contributed by atoms with Gasteiger partial charge in [0.15, 0.2) is 0 Å². The maximum atomic E-state index is 6.33. The molecule has 1 heterocycles. The van der Waals surface area contributed by atoms with Crippen LogP contribution in [-0.4, -0.2) is 0 Å². The van der Waals surface area contributed by atoms with E-state index >= 15 is 0 Å². The fourth-order valence-corrected chi connectivity index (χ4v) is 9.63. The van der Waals surface area contributed by atoms with Gasteiger partial charge in [-0.25, -0.2) is 0 Å². The number of furan rings is 1. The van der Waals surface area contributed by atoms with E-state index in [1.165, 1.54) is 65.7 Å². The monoisotopic (exact) mass is 789 g/mol. The molecule has 0 saturated carbocycles. The van der Waals surface area contributed by atoms with Gasteiger partial charge in [-0.15, -0.1) is 0 Å². The normalized spacial score (nSPS) is 11.5. The number of fused-ring (bicyclic) bond motifs is 7. The third kappa shape index (κ3) is 5.96. The number of para-hydroxylation sites is 1.